The molecule has 0 radical (unpaired) electrons. The molecule has 170 valence electrons. The third-order valence-electron chi connectivity index (χ3n) is 4.90. The molecule has 0 aliphatic heterocycles. The normalized spacial score (nSPS) is 11.0. The highest BCUT2D eigenvalue weighted by atomic mass is 35.5. The zero-order valence-electron chi connectivity index (χ0n) is 17.6. The largest absolute Gasteiger partial charge is 0.318 e. The van der Waals surface area contributed by atoms with E-state index in [-0.39, 0.29) is 18.1 Å². The van der Waals surface area contributed by atoms with Crippen molar-refractivity contribution in [1.82, 2.24) is 29.3 Å². The van der Waals surface area contributed by atoms with Gasteiger partial charge < -0.3 is 5.32 Å². The van der Waals surface area contributed by atoms with E-state index in [4.69, 9.17) is 23.2 Å². The standard InChI is InChI=1S/C20H18Cl2N8O3/c1-12-19(30(32)33)13(2)29(25-12)11-27-6-5-18(26-27)20(31)24-15-8-23-28(10-15)9-14-3-4-16(21)17(22)7-14/h3-8,10H,9,11H2,1-2H3,(H,24,31). The van der Waals surface area contributed by atoms with Gasteiger partial charge in [0.05, 0.1) is 33.4 Å². The number of nitrogens with one attached hydrogen (secondary N) is 1. The molecule has 0 bridgehead atoms. The number of halogens is 2. The van der Waals surface area contributed by atoms with Crippen molar-refractivity contribution in [3.8, 4) is 0 Å². The van der Waals surface area contributed by atoms with Gasteiger partial charge in [-0.1, -0.05) is 29.3 Å². The molecule has 13 heteroatoms. The predicted octanol–water partition coefficient (Wildman–Crippen LogP) is 3.91. The van der Waals surface area contributed by atoms with Crippen molar-refractivity contribution in [2.45, 2.75) is 27.1 Å². The number of nitro groups is 1. The number of hydrogen-bond donors (Lipinski definition) is 1. The summed E-state index contributed by atoms with van der Waals surface area (Å²) in [5.74, 6) is -0.415. The second-order valence-electron chi connectivity index (χ2n) is 7.29. The van der Waals surface area contributed by atoms with Crippen LogP contribution in [0.3, 0.4) is 0 Å². The SMILES string of the molecule is Cc1nn(Cn2ccc(C(=O)Nc3cnn(Cc4ccc(Cl)c(Cl)c4)c3)n2)c(C)c1[N+](=O)[O-]. The Balaban J connectivity index is 1.41. The molecule has 0 aliphatic carbocycles. The lowest BCUT2D eigenvalue weighted by Gasteiger charge is -2.04. The molecule has 0 aliphatic rings. The lowest BCUT2D eigenvalue weighted by atomic mass is 10.2. The van der Waals surface area contributed by atoms with Crippen molar-refractivity contribution in [2.24, 2.45) is 0 Å². The molecule has 33 heavy (non-hydrogen) atoms. The molecule has 1 amide bonds. The van der Waals surface area contributed by atoms with E-state index in [2.05, 4.69) is 20.6 Å². The number of nitrogens with zero attached hydrogens (tertiary/aromatic N) is 7. The fourth-order valence-corrected chi connectivity index (χ4v) is 3.64. The Kier molecular flexibility index (Phi) is 6.16. The van der Waals surface area contributed by atoms with Gasteiger partial charge in [0.15, 0.2) is 5.69 Å². The maximum absolute atomic E-state index is 12.6. The van der Waals surface area contributed by atoms with E-state index in [0.717, 1.165) is 5.56 Å². The molecule has 4 rings (SSSR count). The van der Waals surface area contributed by atoms with Gasteiger partial charge in [0.2, 0.25) is 0 Å². The number of amides is 1. The molecule has 0 spiro atoms. The smallest absolute Gasteiger partial charge is 0.312 e. The van der Waals surface area contributed by atoms with Crippen LogP contribution >= 0.6 is 23.2 Å². The summed E-state index contributed by atoms with van der Waals surface area (Å²) in [6, 6.07) is 6.87. The predicted molar refractivity (Wildman–Crippen MR) is 122 cm³/mol. The number of aryl methyl sites for hydroxylation is 1. The van der Waals surface area contributed by atoms with Crippen LogP contribution < -0.4 is 5.32 Å². The highest BCUT2D eigenvalue weighted by molar-refractivity contribution is 6.42. The minimum absolute atomic E-state index is 0.0296. The Labute approximate surface area is 197 Å². The van der Waals surface area contributed by atoms with Gasteiger partial charge in [-0.2, -0.15) is 15.3 Å². The third-order valence-corrected chi connectivity index (χ3v) is 5.64. The number of benzene rings is 1. The van der Waals surface area contributed by atoms with Crippen LogP contribution in [0, 0.1) is 24.0 Å². The molecule has 1 aromatic carbocycles. The van der Waals surface area contributed by atoms with Gasteiger partial charge >= 0.3 is 5.69 Å². The number of carbonyl (C=O) groups excluding carboxylic acids is 1. The van der Waals surface area contributed by atoms with E-state index in [1.54, 1.807) is 49.1 Å². The molecule has 3 aromatic heterocycles. The highest BCUT2D eigenvalue weighted by Gasteiger charge is 2.22. The Bertz CT molecular complexity index is 1360. The Morgan fingerprint density at radius 2 is 1.94 bits per heavy atom. The molecular weight excluding hydrogens is 471 g/mol. The Morgan fingerprint density at radius 3 is 2.64 bits per heavy atom. The summed E-state index contributed by atoms with van der Waals surface area (Å²) >= 11 is 12.0. The minimum atomic E-state index is -0.460. The first-order valence-electron chi connectivity index (χ1n) is 9.71. The number of anilines is 1. The number of carbonyl (C=O) groups is 1. The molecule has 0 saturated carbocycles. The van der Waals surface area contributed by atoms with Crippen molar-refractivity contribution in [3.05, 3.63) is 85.7 Å². The van der Waals surface area contributed by atoms with Crippen LogP contribution in [-0.4, -0.2) is 40.2 Å². The molecule has 1 N–H and O–H groups in total. The van der Waals surface area contributed by atoms with E-state index in [1.807, 2.05) is 6.07 Å². The zero-order chi connectivity index (χ0) is 23.7. The Hall–Kier alpha value is -3.70. The van der Waals surface area contributed by atoms with Crippen molar-refractivity contribution in [2.75, 3.05) is 5.32 Å². The quantitative estimate of drug-likeness (QED) is 0.310. The van der Waals surface area contributed by atoms with Gasteiger partial charge in [-0.05, 0) is 37.6 Å². The first kappa shape index (κ1) is 22.5. The maximum Gasteiger partial charge on any atom is 0.312 e. The van der Waals surface area contributed by atoms with Crippen molar-refractivity contribution >= 4 is 40.5 Å². The van der Waals surface area contributed by atoms with Gasteiger partial charge in [0.25, 0.3) is 5.91 Å². The summed E-state index contributed by atoms with van der Waals surface area (Å²) in [7, 11) is 0. The Morgan fingerprint density at radius 1 is 1.15 bits per heavy atom. The number of rotatable bonds is 7. The minimum Gasteiger partial charge on any atom is -0.318 e. The summed E-state index contributed by atoms with van der Waals surface area (Å²) in [5.41, 5.74) is 2.30. The van der Waals surface area contributed by atoms with Crippen LogP contribution in [0.5, 0.6) is 0 Å². The molecular formula is C20H18Cl2N8O3. The molecule has 4 aromatic rings. The average molecular weight is 489 g/mol. The second kappa shape index (κ2) is 9.04. The summed E-state index contributed by atoms with van der Waals surface area (Å²) in [5, 5.41) is 27.5. The van der Waals surface area contributed by atoms with E-state index in [0.29, 0.717) is 33.7 Å². The van der Waals surface area contributed by atoms with E-state index >= 15 is 0 Å². The van der Waals surface area contributed by atoms with Crippen LogP contribution in [0.25, 0.3) is 0 Å². The van der Waals surface area contributed by atoms with Crippen LogP contribution in [0.15, 0.2) is 42.9 Å². The van der Waals surface area contributed by atoms with Crippen molar-refractivity contribution in [1.29, 1.82) is 0 Å². The first-order chi connectivity index (χ1) is 15.7. The molecule has 3 heterocycles. The molecule has 0 fully saturated rings. The van der Waals surface area contributed by atoms with Crippen LogP contribution in [-0.2, 0) is 13.2 Å². The van der Waals surface area contributed by atoms with Crippen molar-refractivity contribution < 1.29 is 9.72 Å². The van der Waals surface area contributed by atoms with Gasteiger partial charge in [-0.3, -0.25) is 24.3 Å². The van der Waals surface area contributed by atoms with Gasteiger partial charge in [-0.15, -0.1) is 0 Å². The zero-order valence-corrected chi connectivity index (χ0v) is 19.1. The van der Waals surface area contributed by atoms with Gasteiger partial charge in [0, 0.05) is 12.4 Å². The van der Waals surface area contributed by atoms with Gasteiger partial charge in [0.1, 0.15) is 18.1 Å². The topological polar surface area (TPSA) is 126 Å². The molecule has 0 unspecified atom stereocenters. The monoisotopic (exact) mass is 488 g/mol. The fraction of sp³-hybridized carbons (Fsp3) is 0.200. The van der Waals surface area contributed by atoms with E-state index in [1.165, 1.54) is 15.6 Å². The number of hydrogen-bond acceptors (Lipinski definition) is 6. The molecule has 0 atom stereocenters. The summed E-state index contributed by atoms with van der Waals surface area (Å²) in [6.45, 7) is 3.78. The van der Waals surface area contributed by atoms with Crippen LogP contribution in [0.4, 0.5) is 11.4 Å². The third kappa shape index (κ3) is 4.89. The molecule has 11 nitrogen and oxygen atoms in total. The lowest BCUT2D eigenvalue weighted by molar-refractivity contribution is -0.386. The fourth-order valence-electron chi connectivity index (χ4n) is 3.32. The summed E-state index contributed by atoms with van der Waals surface area (Å²) in [4.78, 5) is 23.3. The van der Waals surface area contributed by atoms with Crippen molar-refractivity contribution in [3.63, 3.8) is 0 Å². The lowest BCUT2D eigenvalue weighted by Crippen LogP contribution is -2.15. The number of aromatic nitrogens is 6. The second-order valence-corrected chi connectivity index (χ2v) is 8.10. The van der Waals surface area contributed by atoms with Crippen LogP contribution in [0.1, 0.15) is 27.4 Å². The summed E-state index contributed by atoms with van der Waals surface area (Å²) in [6.07, 6.45) is 4.82. The average Bonchev–Trinajstić information content (AvgIpc) is 3.45. The van der Waals surface area contributed by atoms with Crippen LogP contribution in [0.2, 0.25) is 10.0 Å². The maximum atomic E-state index is 12.6. The highest BCUT2D eigenvalue weighted by Crippen LogP contribution is 2.23. The summed E-state index contributed by atoms with van der Waals surface area (Å²) < 4.78 is 4.60. The first-order valence-corrected chi connectivity index (χ1v) is 10.5. The molecule has 0 saturated heterocycles. The van der Waals surface area contributed by atoms with Gasteiger partial charge in [-0.25, -0.2) is 4.68 Å². The van der Waals surface area contributed by atoms with E-state index < -0.39 is 10.8 Å². The van der Waals surface area contributed by atoms with E-state index in [9.17, 15) is 14.9 Å².